The molecule has 5 aromatic carbocycles. The lowest BCUT2D eigenvalue weighted by atomic mass is 9.79. The van der Waals surface area contributed by atoms with E-state index in [0.717, 1.165) is 56.0 Å². The van der Waals surface area contributed by atoms with Gasteiger partial charge in [-0.15, -0.1) is 0 Å². The molecular formula is C44H47N3O. The Bertz CT molecular complexity index is 2110. The van der Waals surface area contributed by atoms with Gasteiger partial charge in [-0.25, -0.2) is 4.98 Å². The van der Waals surface area contributed by atoms with Crippen molar-refractivity contribution in [3.8, 4) is 34.0 Å². The predicted octanol–water partition coefficient (Wildman–Crippen LogP) is 11.7. The van der Waals surface area contributed by atoms with E-state index in [2.05, 4.69) is 152 Å². The zero-order valence-corrected chi connectivity index (χ0v) is 29.8. The summed E-state index contributed by atoms with van der Waals surface area (Å²) in [6.07, 6.45) is 1.80. The molecule has 0 aliphatic rings. The molecule has 0 saturated carbocycles. The maximum Gasteiger partial charge on any atom is 0.147 e. The quantitative estimate of drug-likeness (QED) is 0.192. The van der Waals surface area contributed by atoms with Gasteiger partial charge in [0, 0.05) is 34.2 Å². The Morgan fingerprint density at radius 1 is 0.625 bits per heavy atom. The molecule has 0 aliphatic heterocycles. The number of aliphatic imine (C=N–C) groups is 1. The summed E-state index contributed by atoms with van der Waals surface area (Å²) in [6, 6.07) is 38.0. The van der Waals surface area contributed by atoms with Crippen molar-refractivity contribution < 1.29 is 5.11 Å². The molecule has 6 aromatic rings. The number of phenols is 1. The highest BCUT2D eigenvalue weighted by atomic mass is 16.3. The Morgan fingerprint density at radius 3 is 1.90 bits per heavy atom. The van der Waals surface area contributed by atoms with Crippen LogP contribution in [-0.2, 0) is 16.2 Å². The highest BCUT2D eigenvalue weighted by molar-refractivity contribution is 5.97. The fourth-order valence-electron chi connectivity index (χ4n) is 6.18. The number of para-hydroxylation sites is 3. The smallest absolute Gasteiger partial charge is 0.147 e. The van der Waals surface area contributed by atoms with Crippen LogP contribution in [0.3, 0.4) is 0 Å². The van der Waals surface area contributed by atoms with Gasteiger partial charge in [0.25, 0.3) is 0 Å². The van der Waals surface area contributed by atoms with E-state index in [4.69, 9.17) is 9.98 Å². The van der Waals surface area contributed by atoms with Gasteiger partial charge in [-0.1, -0.05) is 135 Å². The third kappa shape index (κ3) is 6.44. The molecular weight excluding hydrogens is 587 g/mol. The molecule has 0 saturated heterocycles. The number of fused-ring (bicyclic) bond motifs is 1. The molecule has 0 atom stereocenters. The van der Waals surface area contributed by atoms with E-state index in [1.165, 1.54) is 5.56 Å². The molecule has 4 nitrogen and oxygen atoms in total. The molecule has 0 fully saturated rings. The second-order valence-electron chi connectivity index (χ2n) is 15.8. The monoisotopic (exact) mass is 633 g/mol. The van der Waals surface area contributed by atoms with Crippen molar-refractivity contribution in [2.24, 2.45) is 4.99 Å². The van der Waals surface area contributed by atoms with Crippen molar-refractivity contribution in [3.05, 3.63) is 131 Å². The second-order valence-corrected chi connectivity index (χ2v) is 15.8. The molecule has 1 heterocycles. The lowest BCUT2D eigenvalue weighted by Crippen LogP contribution is -2.17. The van der Waals surface area contributed by atoms with Crippen LogP contribution in [0.4, 0.5) is 5.69 Å². The largest absolute Gasteiger partial charge is 0.507 e. The van der Waals surface area contributed by atoms with Crippen molar-refractivity contribution in [1.82, 2.24) is 9.55 Å². The van der Waals surface area contributed by atoms with E-state index in [0.29, 0.717) is 5.56 Å². The topological polar surface area (TPSA) is 50.4 Å². The van der Waals surface area contributed by atoms with Crippen LogP contribution >= 0.6 is 0 Å². The number of hydrogen-bond acceptors (Lipinski definition) is 3. The first-order chi connectivity index (χ1) is 22.6. The SMILES string of the molecule is CC(C)(C)c1ccc(-c2cccc3c2nc(-c2ccccc2N=Cc2cc(C(C)(C)C)cc(C(C)(C)C)c2O)n3-c2ccccc2)cc1. The Kier molecular flexibility index (Phi) is 8.41. The van der Waals surface area contributed by atoms with E-state index in [1.54, 1.807) is 6.21 Å². The van der Waals surface area contributed by atoms with Gasteiger partial charge < -0.3 is 5.11 Å². The second kappa shape index (κ2) is 12.2. The molecule has 0 unspecified atom stereocenters. The zero-order valence-electron chi connectivity index (χ0n) is 29.8. The van der Waals surface area contributed by atoms with Crippen LogP contribution in [0.15, 0.2) is 114 Å². The summed E-state index contributed by atoms with van der Waals surface area (Å²) in [5.41, 5.74) is 10.7. The molecule has 1 N–H and O–H groups in total. The molecule has 4 heteroatoms. The van der Waals surface area contributed by atoms with Crippen LogP contribution < -0.4 is 0 Å². The van der Waals surface area contributed by atoms with Gasteiger partial charge in [0.1, 0.15) is 11.6 Å². The number of aromatic hydroxyl groups is 1. The maximum absolute atomic E-state index is 11.5. The van der Waals surface area contributed by atoms with Crippen molar-refractivity contribution in [2.45, 2.75) is 78.6 Å². The predicted molar refractivity (Wildman–Crippen MR) is 203 cm³/mol. The van der Waals surface area contributed by atoms with Gasteiger partial charge in [0.05, 0.1) is 16.7 Å². The average Bonchev–Trinajstić information content (AvgIpc) is 3.43. The fourth-order valence-corrected chi connectivity index (χ4v) is 6.18. The van der Waals surface area contributed by atoms with Gasteiger partial charge in [0.15, 0.2) is 0 Å². The minimum absolute atomic E-state index is 0.0794. The summed E-state index contributed by atoms with van der Waals surface area (Å²) in [7, 11) is 0. The normalized spacial score (nSPS) is 12.7. The lowest BCUT2D eigenvalue weighted by molar-refractivity contribution is 0.444. The molecule has 1 aromatic heterocycles. The highest BCUT2D eigenvalue weighted by Gasteiger charge is 2.25. The molecule has 6 rings (SSSR count). The van der Waals surface area contributed by atoms with Crippen molar-refractivity contribution >= 4 is 22.9 Å². The van der Waals surface area contributed by atoms with Crippen LogP contribution in [0.25, 0.3) is 39.2 Å². The first kappa shape index (κ1) is 33.0. The number of rotatable bonds is 5. The Morgan fingerprint density at radius 2 is 1.25 bits per heavy atom. The highest BCUT2D eigenvalue weighted by Crippen LogP contribution is 2.40. The van der Waals surface area contributed by atoms with Crippen molar-refractivity contribution in [2.75, 3.05) is 0 Å². The number of phenolic OH excluding ortho intramolecular Hbond substituents is 1. The van der Waals surface area contributed by atoms with Gasteiger partial charge in [0.2, 0.25) is 0 Å². The zero-order chi connectivity index (χ0) is 34.4. The molecule has 0 spiro atoms. The summed E-state index contributed by atoms with van der Waals surface area (Å²) >= 11 is 0. The van der Waals surface area contributed by atoms with Gasteiger partial charge in [-0.2, -0.15) is 0 Å². The average molecular weight is 634 g/mol. The van der Waals surface area contributed by atoms with Crippen LogP contribution in [0.2, 0.25) is 0 Å². The Labute approximate surface area is 285 Å². The Balaban J connectivity index is 1.54. The third-order valence-electron chi connectivity index (χ3n) is 9.06. The lowest BCUT2D eigenvalue weighted by Gasteiger charge is -2.27. The van der Waals surface area contributed by atoms with Gasteiger partial charge in [-0.3, -0.25) is 9.56 Å². The number of nitrogens with zero attached hydrogens (tertiary/aromatic N) is 3. The molecule has 0 amide bonds. The van der Waals surface area contributed by atoms with Gasteiger partial charge >= 0.3 is 0 Å². The van der Waals surface area contributed by atoms with E-state index >= 15 is 0 Å². The summed E-state index contributed by atoms with van der Waals surface area (Å²) in [5.74, 6) is 1.08. The van der Waals surface area contributed by atoms with E-state index in [9.17, 15) is 5.11 Å². The number of benzene rings is 5. The molecule has 48 heavy (non-hydrogen) atoms. The van der Waals surface area contributed by atoms with Crippen LogP contribution in [-0.4, -0.2) is 20.9 Å². The number of imidazole rings is 1. The first-order valence-electron chi connectivity index (χ1n) is 16.8. The summed E-state index contributed by atoms with van der Waals surface area (Å²) in [4.78, 5) is 10.4. The molecule has 0 radical (unpaired) electrons. The third-order valence-corrected chi connectivity index (χ3v) is 9.06. The van der Waals surface area contributed by atoms with E-state index in [1.807, 2.05) is 24.3 Å². The molecule has 0 aliphatic carbocycles. The first-order valence-corrected chi connectivity index (χ1v) is 16.8. The summed E-state index contributed by atoms with van der Waals surface area (Å²) in [6.45, 7) is 19.7. The van der Waals surface area contributed by atoms with E-state index < -0.39 is 0 Å². The van der Waals surface area contributed by atoms with Crippen LogP contribution in [0.1, 0.15) is 84.6 Å². The minimum atomic E-state index is -0.225. The minimum Gasteiger partial charge on any atom is -0.507 e. The van der Waals surface area contributed by atoms with Crippen molar-refractivity contribution in [1.29, 1.82) is 0 Å². The van der Waals surface area contributed by atoms with Crippen LogP contribution in [0, 0.1) is 0 Å². The van der Waals surface area contributed by atoms with Gasteiger partial charge in [-0.05, 0) is 69.3 Å². The van der Waals surface area contributed by atoms with Crippen LogP contribution in [0.5, 0.6) is 5.75 Å². The molecule has 244 valence electrons. The van der Waals surface area contributed by atoms with E-state index in [-0.39, 0.29) is 22.0 Å². The summed E-state index contributed by atoms with van der Waals surface area (Å²) in [5, 5.41) is 11.5. The fraction of sp³-hybridized carbons (Fsp3) is 0.273. The standard InChI is InChI=1S/C44H47N3O/c1-42(2,3)31-24-22-29(23-25-31)34-19-15-21-38-39(34)46-41(47(38)33-16-11-10-12-17-33)35-18-13-14-20-37(35)45-28-30-26-32(43(4,5)6)27-36(40(30)48)44(7,8)9/h10-28,48H,1-9H3. The maximum atomic E-state index is 11.5. The van der Waals surface area contributed by atoms with Crippen molar-refractivity contribution in [3.63, 3.8) is 0 Å². The Hall–Kier alpha value is -4.96. The number of aromatic nitrogens is 2. The molecule has 0 bridgehead atoms. The number of hydrogen-bond donors (Lipinski definition) is 1. The summed E-state index contributed by atoms with van der Waals surface area (Å²) < 4.78 is 2.23.